The standard InChI is InChI=1S/C15H11F3N2O4/c16-15(17,18)9-24-13-8-4-2-6-11(13)19-14(21)10-5-1-3-7-12(10)20(22)23/h1-8H,9H2,(H,19,21). The summed E-state index contributed by atoms with van der Waals surface area (Å²) >= 11 is 0. The quantitative estimate of drug-likeness (QED) is 0.663. The van der Waals surface area contributed by atoms with Gasteiger partial charge in [0.25, 0.3) is 11.6 Å². The maximum atomic E-state index is 12.3. The van der Waals surface area contributed by atoms with Crippen molar-refractivity contribution >= 4 is 17.3 Å². The van der Waals surface area contributed by atoms with Crippen molar-refractivity contribution in [3.05, 3.63) is 64.2 Å². The van der Waals surface area contributed by atoms with Crippen LogP contribution in [0.3, 0.4) is 0 Å². The van der Waals surface area contributed by atoms with Crippen molar-refractivity contribution in [2.75, 3.05) is 11.9 Å². The molecule has 1 N–H and O–H groups in total. The van der Waals surface area contributed by atoms with Crippen molar-refractivity contribution in [2.45, 2.75) is 6.18 Å². The van der Waals surface area contributed by atoms with Gasteiger partial charge in [0.2, 0.25) is 0 Å². The Hall–Kier alpha value is -3.10. The van der Waals surface area contributed by atoms with Gasteiger partial charge in [0.05, 0.1) is 10.6 Å². The van der Waals surface area contributed by atoms with Gasteiger partial charge >= 0.3 is 6.18 Å². The number of hydrogen-bond acceptors (Lipinski definition) is 4. The van der Waals surface area contributed by atoms with Gasteiger partial charge in [-0.3, -0.25) is 14.9 Å². The van der Waals surface area contributed by atoms with Crippen molar-refractivity contribution in [3.63, 3.8) is 0 Å². The number of nitro benzene ring substituents is 1. The number of anilines is 1. The second-order valence-corrected chi connectivity index (χ2v) is 4.63. The first-order valence-electron chi connectivity index (χ1n) is 6.61. The van der Waals surface area contributed by atoms with Crippen molar-refractivity contribution in [2.24, 2.45) is 0 Å². The van der Waals surface area contributed by atoms with Crippen LogP contribution in [0.25, 0.3) is 0 Å². The third-order valence-electron chi connectivity index (χ3n) is 2.87. The molecule has 1 amide bonds. The van der Waals surface area contributed by atoms with E-state index in [0.717, 1.165) is 6.07 Å². The topological polar surface area (TPSA) is 81.5 Å². The Morgan fingerprint density at radius 2 is 1.75 bits per heavy atom. The molecule has 0 heterocycles. The third kappa shape index (κ3) is 4.45. The molecule has 2 aromatic carbocycles. The Balaban J connectivity index is 2.23. The van der Waals surface area contributed by atoms with Crippen LogP contribution in [-0.4, -0.2) is 23.6 Å². The van der Waals surface area contributed by atoms with Crippen LogP contribution in [0.1, 0.15) is 10.4 Å². The number of amides is 1. The van der Waals surface area contributed by atoms with Crippen molar-refractivity contribution in [1.29, 1.82) is 0 Å². The smallest absolute Gasteiger partial charge is 0.422 e. The predicted octanol–water partition coefficient (Wildman–Crippen LogP) is 3.79. The van der Waals surface area contributed by atoms with Gasteiger partial charge in [-0.1, -0.05) is 24.3 Å². The van der Waals surface area contributed by atoms with Crippen LogP contribution in [0, 0.1) is 10.1 Å². The summed E-state index contributed by atoms with van der Waals surface area (Å²) in [5.74, 6) is -1.02. The van der Waals surface area contributed by atoms with Crippen LogP contribution in [0.5, 0.6) is 5.75 Å². The number of para-hydroxylation sites is 3. The molecule has 24 heavy (non-hydrogen) atoms. The fourth-order valence-electron chi connectivity index (χ4n) is 1.87. The lowest BCUT2D eigenvalue weighted by Crippen LogP contribution is -2.20. The molecule has 0 fully saturated rings. The van der Waals surface area contributed by atoms with Crippen molar-refractivity contribution in [3.8, 4) is 5.75 Å². The van der Waals surface area contributed by atoms with Crippen LogP contribution in [0.4, 0.5) is 24.5 Å². The van der Waals surface area contributed by atoms with E-state index < -0.39 is 29.3 Å². The summed E-state index contributed by atoms with van der Waals surface area (Å²) in [7, 11) is 0. The summed E-state index contributed by atoms with van der Waals surface area (Å²) in [5, 5.41) is 13.3. The lowest BCUT2D eigenvalue weighted by Gasteiger charge is -2.13. The summed E-state index contributed by atoms with van der Waals surface area (Å²) < 4.78 is 41.4. The van der Waals surface area contributed by atoms with Crippen molar-refractivity contribution < 1.29 is 27.6 Å². The molecule has 0 unspecified atom stereocenters. The van der Waals surface area contributed by atoms with E-state index in [4.69, 9.17) is 0 Å². The summed E-state index contributed by atoms with van der Waals surface area (Å²) in [5.41, 5.74) is -0.651. The minimum absolute atomic E-state index is 0.0232. The summed E-state index contributed by atoms with van der Waals surface area (Å²) in [6.45, 7) is -1.52. The minimum Gasteiger partial charge on any atom is -0.482 e. The first-order valence-corrected chi connectivity index (χ1v) is 6.61. The van der Waals surface area contributed by atoms with Gasteiger partial charge in [0.15, 0.2) is 6.61 Å². The molecule has 2 rings (SSSR count). The van der Waals surface area contributed by atoms with Crippen LogP contribution in [0.15, 0.2) is 48.5 Å². The maximum absolute atomic E-state index is 12.3. The van der Waals surface area contributed by atoms with E-state index in [1.165, 1.54) is 42.5 Å². The first kappa shape index (κ1) is 17.3. The molecule has 0 atom stereocenters. The molecule has 0 saturated carbocycles. The minimum atomic E-state index is -4.53. The van der Waals surface area contributed by atoms with Crippen LogP contribution in [0.2, 0.25) is 0 Å². The van der Waals surface area contributed by atoms with Gasteiger partial charge in [-0.2, -0.15) is 13.2 Å². The first-order chi connectivity index (χ1) is 11.3. The fourth-order valence-corrected chi connectivity index (χ4v) is 1.87. The molecule has 0 radical (unpaired) electrons. The molecule has 9 heteroatoms. The summed E-state index contributed by atoms with van der Waals surface area (Å²) in [6, 6.07) is 10.7. The molecule has 0 aliphatic rings. The second-order valence-electron chi connectivity index (χ2n) is 4.63. The number of alkyl halides is 3. The zero-order valence-corrected chi connectivity index (χ0v) is 12.0. The van der Waals surface area contributed by atoms with Crippen LogP contribution >= 0.6 is 0 Å². The molecule has 6 nitrogen and oxygen atoms in total. The van der Waals surface area contributed by atoms with E-state index in [0.29, 0.717) is 0 Å². The summed E-state index contributed by atoms with van der Waals surface area (Å²) in [4.78, 5) is 22.4. The highest BCUT2D eigenvalue weighted by molar-refractivity contribution is 6.07. The molecule has 0 spiro atoms. The zero-order chi connectivity index (χ0) is 17.7. The molecule has 0 saturated heterocycles. The van der Waals surface area contributed by atoms with Crippen LogP contribution < -0.4 is 10.1 Å². The molecule has 126 valence electrons. The number of ether oxygens (including phenoxy) is 1. The number of hydrogen-bond donors (Lipinski definition) is 1. The van der Waals surface area contributed by atoms with Gasteiger partial charge in [0, 0.05) is 6.07 Å². The zero-order valence-electron chi connectivity index (χ0n) is 12.0. The van der Waals surface area contributed by atoms with E-state index in [1.807, 2.05) is 0 Å². The Kier molecular flexibility index (Phi) is 5.02. The number of halogens is 3. The second kappa shape index (κ2) is 6.99. The molecule has 2 aromatic rings. The van der Waals surface area contributed by atoms with Gasteiger partial charge in [-0.25, -0.2) is 0 Å². The molecule has 0 aromatic heterocycles. The number of carbonyl (C=O) groups excluding carboxylic acids is 1. The molecular weight excluding hydrogens is 329 g/mol. The van der Waals surface area contributed by atoms with E-state index in [9.17, 15) is 28.1 Å². The molecule has 0 aliphatic carbocycles. The van der Waals surface area contributed by atoms with E-state index >= 15 is 0 Å². The molecular formula is C15H11F3N2O4. The van der Waals surface area contributed by atoms with Gasteiger partial charge < -0.3 is 10.1 Å². The van der Waals surface area contributed by atoms with E-state index in [2.05, 4.69) is 10.1 Å². The van der Waals surface area contributed by atoms with E-state index in [-0.39, 0.29) is 17.0 Å². The lowest BCUT2D eigenvalue weighted by atomic mass is 10.1. The van der Waals surface area contributed by atoms with E-state index in [1.54, 1.807) is 0 Å². The lowest BCUT2D eigenvalue weighted by molar-refractivity contribution is -0.385. The average Bonchev–Trinajstić information content (AvgIpc) is 2.53. The SMILES string of the molecule is O=C(Nc1ccccc1OCC(F)(F)F)c1ccccc1[N+](=O)[O-]. The Morgan fingerprint density at radius 1 is 1.12 bits per heavy atom. The Morgan fingerprint density at radius 3 is 2.42 bits per heavy atom. The monoisotopic (exact) mass is 340 g/mol. The number of nitrogens with zero attached hydrogens (tertiary/aromatic N) is 1. The third-order valence-corrected chi connectivity index (χ3v) is 2.87. The van der Waals surface area contributed by atoms with Gasteiger partial charge in [-0.15, -0.1) is 0 Å². The Bertz CT molecular complexity index is 762. The van der Waals surface area contributed by atoms with Gasteiger partial charge in [0.1, 0.15) is 11.3 Å². The normalized spacial score (nSPS) is 11.0. The number of nitro groups is 1. The van der Waals surface area contributed by atoms with Crippen LogP contribution in [-0.2, 0) is 0 Å². The maximum Gasteiger partial charge on any atom is 0.422 e. The summed E-state index contributed by atoms with van der Waals surface area (Å²) in [6.07, 6.45) is -4.53. The highest BCUT2D eigenvalue weighted by atomic mass is 19.4. The van der Waals surface area contributed by atoms with Crippen molar-refractivity contribution in [1.82, 2.24) is 0 Å². The number of rotatable bonds is 5. The molecule has 0 aliphatic heterocycles. The van der Waals surface area contributed by atoms with Gasteiger partial charge in [-0.05, 0) is 18.2 Å². The largest absolute Gasteiger partial charge is 0.482 e. The highest BCUT2D eigenvalue weighted by Crippen LogP contribution is 2.27. The Labute approximate surface area is 134 Å². The average molecular weight is 340 g/mol. The predicted molar refractivity (Wildman–Crippen MR) is 79.0 cm³/mol. The number of nitrogens with one attached hydrogen (secondary N) is 1. The number of benzene rings is 2. The number of carbonyl (C=O) groups is 1. The highest BCUT2D eigenvalue weighted by Gasteiger charge is 2.29. The fraction of sp³-hybridized carbons (Fsp3) is 0.133. The molecule has 0 bridgehead atoms.